The van der Waals surface area contributed by atoms with Crippen LogP contribution in [0, 0.1) is 0 Å². The van der Waals surface area contributed by atoms with Crippen LogP contribution in [-0.4, -0.2) is 58.7 Å². The summed E-state index contributed by atoms with van der Waals surface area (Å²) in [6.45, 7) is 2.77. The molecule has 4 rings (SSSR count). The smallest absolute Gasteiger partial charge is 0.119 e. The van der Waals surface area contributed by atoms with E-state index in [2.05, 4.69) is 27.2 Å². The average Bonchev–Trinajstić information content (AvgIpc) is 3.31. The highest BCUT2D eigenvalue weighted by Crippen LogP contribution is 2.43. The van der Waals surface area contributed by atoms with Crippen LogP contribution in [-0.2, 0) is 11.3 Å². The minimum absolute atomic E-state index is 0.293. The number of benzene rings is 1. The molecule has 0 saturated carbocycles. The second kappa shape index (κ2) is 6.20. The fourth-order valence-corrected chi connectivity index (χ4v) is 3.95. The molecule has 2 saturated heterocycles. The summed E-state index contributed by atoms with van der Waals surface area (Å²) in [4.78, 5) is 2.23. The van der Waals surface area contributed by atoms with Gasteiger partial charge in [0.15, 0.2) is 0 Å². The minimum atomic E-state index is -0.465. The first-order valence-electron chi connectivity index (χ1n) is 8.35. The third kappa shape index (κ3) is 2.81. The molecule has 3 atom stereocenters. The molecule has 0 aliphatic carbocycles. The lowest BCUT2D eigenvalue weighted by atomic mass is 9.87. The van der Waals surface area contributed by atoms with E-state index >= 15 is 0 Å². The van der Waals surface area contributed by atoms with Crippen LogP contribution >= 0.6 is 0 Å². The number of hydrogen-bond donors (Lipinski definition) is 2. The quantitative estimate of drug-likeness (QED) is 0.890. The van der Waals surface area contributed by atoms with Gasteiger partial charge in [-0.1, -0.05) is 12.1 Å². The molecule has 2 aliphatic rings. The number of β-amino-alcohol motifs (C(OH)–C–C–N with tert-alkyl or cyclic N) is 1. The maximum Gasteiger partial charge on any atom is 0.119 e. The van der Waals surface area contributed by atoms with Crippen LogP contribution < -0.4 is 4.74 Å². The Morgan fingerprint density at radius 1 is 1.46 bits per heavy atom. The zero-order chi connectivity index (χ0) is 16.6. The van der Waals surface area contributed by atoms with Crippen LogP contribution in [0.5, 0.6) is 5.75 Å². The van der Waals surface area contributed by atoms with Gasteiger partial charge in [0.25, 0.3) is 0 Å². The lowest BCUT2D eigenvalue weighted by Gasteiger charge is -2.26. The maximum atomic E-state index is 10.6. The summed E-state index contributed by atoms with van der Waals surface area (Å²) in [7, 11) is 1.68. The summed E-state index contributed by atoms with van der Waals surface area (Å²) in [5.74, 6) is 1.16. The molecule has 0 radical (unpaired) electrons. The number of aromatic amines is 1. The molecule has 3 heterocycles. The molecule has 6 heteroatoms. The van der Waals surface area contributed by atoms with Crippen LogP contribution in [0.2, 0.25) is 0 Å². The predicted molar refractivity (Wildman–Crippen MR) is 88.9 cm³/mol. The number of rotatable bonds is 4. The molecule has 0 bridgehead atoms. The number of nitrogens with zero attached hydrogens (tertiary/aromatic N) is 2. The molecular formula is C18H23N3O3. The Balaban J connectivity index is 1.46. The fraction of sp³-hybridized carbons (Fsp3) is 0.500. The minimum Gasteiger partial charge on any atom is -0.497 e. The number of hydrogen-bond acceptors (Lipinski definition) is 5. The number of nitrogens with one attached hydrogen (secondary N) is 1. The number of aliphatic hydroxyl groups excluding tert-OH is 1. The summed E-state index contributed by atoms with van der Waals surface area (Å²) in [5.41, 5.74) is 1.81. The highest BCUT2D eigenvalue weighted by Gasteiger charge is 2.52. The van der Waals surface area contributed by atoms with Gasteiger partial charge in [0, 0.05) is 37.4 Å². The van der Waals surface area contributed by atoms with Crippen molar-refractivity contribution >= 4 is 0 Å². The number of methoxy groups -OCH3 is 1. The SMILES string of the molecule is COc1cccc([C@@H]2CO[C@]3(C2)CN(Cc2ccn[nH]2)C[C@H]3O)c1. The van der Waals surface area contributed by atoms with Gasteiger partial charge in [0.1, 0.15) is 11.4 Å². The van der Waals surface area contributed by atoms with E-state index < -0.39 is 11.7 Å². The zero-order valence-electron chi connectivity index (χ0n) is 13.8. The summed E-state index contributed by atoms with van der Waals surface area (Å²) in [6, 6.07) is 10.1. The van der Waals surface area contributed by atoms with Crippen molar-refractivity contribution in [2.24, 2.45) is 0 Å². The van der Waals surface area contributed by atoms with E-state index in [4.69, 9.17) is 9.47 Å². The van der Waals surface area contributed by atoms with Gasteiger partial charge >= 0.3 is 0 Å². The van der Waals surface area contributed by atoms with Crippen molar-refractivity contribution in [3.05, 3.63) is 47.8 Å². The topological polar surface area (TPSA) is 70.6 Å². The summed E-state index contributed by atoms with van der Waals surface area (Å²) >= 11 is 0. The van der Waals surface area contributed by atoms with E-state index in [1.165, 1.54) is 5.56 Å². The first-order chi connectivity index (χ1) is 11.7. The molecule has 1 aromatic carbocycles. The van der Waals surface area contributed by atoms with Gasteiger partial charge in [-0.3, -0.25) is 10.00 Å². The van der Waals surface area contributed by atoms with Gasteiger partial charge in [0.05, 0.1) is 19.8 Å². The average molecular weight is 329 g/mol. The van der Waals surface area contributed by atoms with Crippen LogP contribution in [0.1, 0.15) is 23.6 Å². The predicted octanol–water partition coefficient (Wildman–Crippen LogP) is 1.54. The van der Waals surface area contributed by atoms with Gasteiger partial charge < -0.3 is 14.6 Å². The third-order valence-corrected chi connectivity index (χ3v) is 5.21. The van der Waals surface area contributed by atoms with Crippen molar-refractivity contribution in [1.29, 1.82) is 0 Å². The van der Waals surface area contributed by atoms with Crippen molar-refractivity contribution in [2.45, 2.75) is 30.6 Å². The maximum absolute atomic E-state index is 10.6. The molecule has 1 aromatic heterocycles. The standard InChI is InChI=1S/C18H23N3O3/c1-23-16-4-2-3-13(7-16)14-8-18(24-11-14)12-21(10-17(18)22)9-15-5-6-19-20-15/h2-7,14,17,22H,8-12H2,1H3,(H,19,20)/t14-,17+,18+/m0/s1. The third-order valence-electron chi connectivity index (χ3n) is 5.21. The van der Waals surface area contributed by atoms with Crippen molar-refractivity contribution in [1.82, 2.24) is 15.1 Å². The van der Waals surface area contributed by atoms with Crippen LogP contribution in [0.4, 0.5) is 0 Å². The number of H-pyrrole nitrogens is 1. The van der Waals surface area contributed by atoms with Gasteiger partial charge in [-0.2, -0.15) is 5.10 Å². The Bertz CT molecular complexity index is 691. The Morgan fingerprint density at radius 2 is 2.38 bits per heavy atom. The van der Waals surface area contributed by atoms with E-state index in [1.807, 2.05) is 18.2 Å². The van der Waals surface area contributed by atoms with Crippen LogP contribution in [0.15, 0.2) is 36.5 Å². The molecule has 0 amide bonds. The van der Waals surface area contributed by atoms with Crippen LogP contribution in [0.25, 0.3) is 0 Å². The number of likely N-dealkylation sites (tertiary alicyclic amines) is 1. The first kappa shape index (κ1) is 15.6. The van der Waals surface area contributed by atoms with E-state index in [1.54, 1.807) is 13.3 Å². The number of aromatic nitrogens is 2. The van der Waals surface area contributed by atoms with Gasteiger partial charge in [0.2, 0.25) is 0 Å². The fourth-order valence-electron chi connectivity index (χ4n) is 3.95. The van der Waals surface area contributed by atoms with Crippen LogP contribution in [0.3, 0.4) is 0 Å². The van der Waals surface area contributed by atoms with Crippen molar-refractivity contribution in [3.8, 4) is 5.75 Å². The number of aliphatic hydroxyl groups is 1. The lowest BCUT2D eigenvalue weighted by Crippen LogP contribution is -2.41. The van der Waals surface area contributed by atoms with Gasteiger partial charge in [-0.15, -0.1) is 0 Å². The van der Waals surface area contributed by atoms with Gasteiger partial charge in [-0.25, -0.2) is 0 Å². The first-order valence-corrected chi connectivity index (χ1v) is 8.35. The molecule has 1 spiro atoms. The Labute approximate surface area is 141 Å². The Morgan fingerprint density at radius 3 is 3.17 bits per heavy atom. The summed E-state index contributed by atoms with van der Waals surface area (Å²) in [6.07, 6.45) is 2.12. The van der Waals surface area contributed by atoms with Crippen molar-refractivity contribution in [3.63, 3.8) is 0 Å². The van der Waals surface area contributed by atoms with E-state index in [9.17, 15) is 5.11 Å². The highest BCUT2D eigenvalue weighted by molar-refractivity contribution is 5.32. The molecular weight excluding hydrogens is 306 g/mol. The van der Waals surface area contributed by atoms with Gasteiger partial charge in [-0.05, 0) is 30.2 Å². The Kier molecular flexibility index (Phi) is 4.04. The summed E-state index contributed by atoms with van der Waals surface area (Å²) < 4.78 is 11.5. The Hall–Kier alpha value is -1.89. The molecule has 0 unspecified atom stereocenters. The summed E-state index contributed by atoms with van der Waals surface area (Å²) in [5, 5.41) is 17.6. The molecule has 2 N–H and O–H groups in total. The van der Waals surface area contributed by atoms with E-state index in [-0.39, 0.29) is 0 Å². The molecule has 2 aliphatic heterocycles. The molecule has 2 aromatic rings. The molecule has 128 valence electrons. The monoisotopic (exact) mass is 329 g/mol. The second-order valence-electron chi connectivity index (χ2n) is 6.82. The molecule has 6 nitrogen and oxygen atoms in total. The van der Waals surface area contributed by atoms with E-state index in [0.29, 0.717) is 19.1 Å². The number of ether oxygens (including phenoxy) is 2. The van der Waals surface area contributed by atoms with Crippen molar-refractivity contribution in [2.75, 3.05) is 26.8 Å². The van der Waals surface area contributed by atoms with Crippen molar-refractivity contribution < 1.29 is 14.6 Å². The molecule has 24 heavy (non-hydrogen) atoms. The largest absolute Gasteiger partial charge is 0.497 e. The lowest BCUT2D eigenvalue weighted by molar-refractivity contribution is -0.0594. The highest BCUT2D eigenvalue weighted by atomic mass is 16.5. The zero-order valence-corrected chi connectivity index (χ0v) is 13.8. The van der Waals surface area contributed by atoms with E-state index in [0.717, 1.165) is 31.0 Å². The molecule has 2 fully saturated rings. The second-order valence-corrected chi connectivity index (χ2v) is 6.82. The normalized spacial score (nSPS) is 30.2.